The number of hydrogen-bond donors (Lipinski definition) is 1. The first-order valence-corrected chi connectivity index (χ1v) is 8.46. The molecule has 0 aliphatic heterocycles. The maximum Gasteiger partial charge on any atom is 0.144 e. The fourth-order valence-corrected chi connectivity index (χ4v) is 2.99. The minimum Gasteiger partial charge on any atom is -0.494 e. The molecule has 0 spiro atoms. The average Bonchev–Trinajstić information content (AvgIpc) is 3.08. The van der Waals surface area contributed by atoms with Crippen molar-refractivity contribution in [3.8, 4) is 11.4 Å². The Morgan fingerprint density at radius 1 is 0.962 bits per heavy atom. The van der Waals surface area contributed by atoms with Gasteiger partial charge in [0.15, 0.2) is 0 Å². The van der Waals surface area contributed by atoms with Crippen LogP contribution in [0.15, 0.2) is 61.1 Å². The van der Waals surface area contributed by atoms with Crippen LogP contribution in [0.5, 0.6) is 5.75 Å². The molecule has 0 saturated carbocycles. The molecule has 0 aliphatic carbocycles. The van der Waals surface area contributed by atoms with Crippen LogP contribution in [0.25, 0.3) is 16.6 Å². The van der Waals surface area contributed by atoms with Gasteiger partial charge in [-0.15, -0.1) is 0 Å². The molecule has 0 saturated heterocycles. The highest BCUT2D eigenvalue weighted by Gasteiger charge is 2.09. The van der Waals surface area contributed by atoms with Crippen molar-refractivity contribution in [3.63, 3.8) is 0 Å². The van der Waals surface area contributed by atoms with Crippen LogP contribution < -0.4 is 10.1 Å². The normalized spacial score (nSPS) is 10.9. The first kappa shape index (κ1) is 16.1. The Labute approximate surface area is 152 Å². The largest absolute Gasteiger partial charge is 0.494 e. The minimum atomic E-state index is 0.757. The summed E-state index contributed by atoms with van der Waals surface area (Å²) in [7, 11) is 1.67. The highest BCUT2D eigenvalue weighted by atomic mass is 16.5. The molecule has 26 heavy (non-hydrogen) atoms. The number of ether oxygens (including phenoxy) is 1. The molecule has 0 bridgehead atoms. The third-order valence-corrected chi connectivity index (χ3v) is 4.33. The molecule has 0 atom stereocenters. The van der Waals surface area contributed by atoms with Gasteiger partial charge >= 0.3 is 0 Å². The van der Waals surface area contributed by atoms with Gasteiger partial charge in [0, 0.05) is 29.5 Å². The standard InChI is InChI=1S/C21H20N4O/c1-14-4-6-17-18(8-9-22-20(17)10-14)24-19-7-5-16(11-21(19)26-3)25-13-15(2)12-23-25/h4-13H,1-3H3,(H,22,24). The van der Waals surface area contributed by atoms with Gasteiger partial charge in [0.1, 0.15) is 5.75 Å². The van der Waals surface area contributed by atoms with Gasteiger partial charge in [0.05, 0.1) is 30.2 Å². The second kappa shape index (κ2) is 6.52. The number of nitrogens with zero attached hydrogens (tertiary/aromatic N) is 3. The lowest BCUT2D eigenvalue weighted by Crippen LogP contribution is -1.99. The number of fused-ring (bicyclic) bond motifs is 1. The second-order valence-electron chi connectivity index (χ2n) is 6.35. The van der Waals surface area contributed by atoms with E-state index in [0.717, 1.165) is 39.3 Å². The van der Waals surface area contributed by atoms with Gasteiger partial charge in [-0.05, 0) is 49.2 Å². The fraction of sp³-hybridized carbons (Fsp3) is 0.143. The highest BCUT2D eigenvalue weighted by Crippen LogP contribution is 2.32. The zero-order valence-electron chi connectivity index (χ0n) is 15.0. The van der Waals surface area contributed by atoms with Crippen LogP contribution >= 0.6 is 0 Å². The number of aromatic nitrogens is 3. The van der Waals surface area contributed by atoms with Crippen molar-refractivity contribution < 1.29 is 4.74 Å². The molecule has 2 aromatic carbocycles. The number of nitrogens with one attached hydrogen (secondary N) is 1. The molecule has 130 valence electrons. The van der Waals surface area contributed by atoms with E-state index in [9.17, 15) is 0 Å². The molecule has 5 heteroatoms. The van der Waals surface area contributed by atoms with Gasteiger partial charge in [0.25, 0.3) is 0 Å². The summed E-state index contributed by atoms with van der Waals surface area (Å²) in [5, 5.41) is 8.91. The van der Waals surface area contributed by atoms with Gasteiger partial charge in [-0.1, -0.05) is 12.1 Å². The van der Waals surface area contributed by atoms with Crippen molar-refractivity contribution in [1.82, 2.24) is 14.8 Å². The number of methoxy groups -OCH3 is 1. The SMILES string of the molecule is COc1cc(-n2cc(C)cn2)ccc1Nc1ccnc2cc(C)ccc12. The Morgan fingerprint density at radius 2 is 1.85 bits per heavy atom. The van der Waals surface area contributed by atoms with Crippen LogP contribution in [-0.4, -0.2) is 21.9 Å². The van der Waals surface area contributed by atoms with Gasteiger partial charge in [-0.2, -0.15) is 5.10 Å². The van der Waals surface area contributed by atoms with E-state index in [-0.39, 0.29) is 0 Å². The number of aryl methyl sites for hydroxylation is 2. The van der Waals surface area contributed by atoms with Crippen LogP contribution in [0.3, 0.4) is 0 Å². The van der Waals surface area contributed by atoms with E-state index in [0.29, 0.717) is 0 Å². The summed E-state index contributed by atoms with van der Waals surface area (Å²) < 4.78 is 7.44. The Kier molecular flexibility index (Phi) is 4.05. The Bertz CT molecular complexity index is 1080. The summed E-state index contributed by atoms with van der Waals surface area (Å²) in [6.07, 6.45) is 5.64. The molecular formula is C21H20N4O. The molecule has 5 nitrogen and oxygen atoms in total. The molecule has 0 fully saturated rings. The average molecular weight is 344 g/mol. The number of hydrogen-bond acceptors (Lipinski definition) is 4. The Hall–Kier alpha value is -3.34. The summed E-state index contributed by atoms with van der Waals surface area (Å²) in [4.78, 5) is 4.46. The maximum absolute atomic E-state index is 5.60. The van der Waals surface area contributed by atoms with Crippen molar-refractivity contribution in [1.29, 1.82) is 0 Å². The zero-order chi connectivity index (χ0) is 18.1. The van der Waals surface area contributed by atoms with E-state index in [1.54, 1.807) is 7.11 Å². The lowest BCUT2D eigenvalue weighted by atomic mass is 10.1. The molecule has 2 aromatic heterocycles. The first-order chi connectivity index (χ1) is 12.6. The van der Waals surface area contributed by atoms with Crippen molar-refractivity contribution >= 4 is 22.3 Å². The van der Waals surface area contributed by atoms with Crippen LogP contribution in [-0.2, 0) is 0 Å². The first-order valence-electron chi connectivity index (χ1n) is 8.46. The van der Waals surface area contributed by atoms with Crippen LogP contribution in [0.4, 0.5) is 11.4 Å². The third-order valence-electron chi connectivity index (χ3n) is 4.33. The van der Waals surface area contributed by atoms with Crippen LogP contribution in [0, 0.1) is 13.8 Å². The van der Waals surface area contributed by atoms with Gasteiger partial charge in [-0.3, -0.25) is 4.98 Å². The number of benzene rings is 2. The molecule has 2 heterocycles. The van der Waals surface area contributed by atoms with E-state index >= 15 is 0 Å². The van der Waals surface area contributed by atoms with Gasteiger partial charge < -0.3 is 10.1 Å². The van der Waals surface area contributed by atoms with Crippen molar-refractivity contribution in [2.45, 2.75) is 13.8 Å². The van der Waals surface area contributed by atoms with E-state index in [4.69, 9.17) is 4.74 Å². The lowest BCUT2D eigenvalue weighted by molar-refractivity contribution is 0.416. The summed E-state index contributed by atoms with van der Waals surface area (Å²) >= 11 is 0. The van der Waals surface area contributed by atoms with E-state index in [2.05, 4.69) is 40.5 Å². The molecule has 1 N–H and O–H groups in total. The summed E-state index contributed by atoms with van der Waals surface area (Å²) in [5.74, 6) is 0.757. The quantitative estimate of drug-likeness (QED) is 0.578. The molecule has 4 rings (SSSR count). The molecule has 0 aliphatic rings. The van der Waals surface area contributed by atoms with Crippen molar-refractivity contribution in [2.24, 2.45) is 0 Å². The maximum atomic E-state index is 5.60. The minimum absolute atomic E-state index is 0.757. The molecule has 0 radical (unpaired) electrons. The van der Waals surface area contributed by atoms with Crippen LogP contribution in [0.1, 0.15) is 11.1 Å². The smallest absolute Gasteiger partial charge is 0.144 e. The van der Waals surface area contributed by atoms with E-state index in [1.165, 1.54) is 5.56 Å². The van der Waals surface area contributed by atoms with E-state index in [1.807, 2.05) is 54.5 Å². The summed E-state index contributed by atoms with van der Waals surface area (Å²) in [6.45, 7) is 4.09. The van der Waals surface area contributed by atoms with Gasteiger partial charge in [0.2, 0.25) is 0 Å². The van der Waals surface area contributed by atoms with Gasteiger partial charge in [-0.25, -0.2) is 4.68 Å². The predicted molar refractivity (Wildman–Crippen MR) is 105 cm³/mol. The highest BCUT2D eigenvalue weighted by molar-refractivity contribution is 5.93. The monoisotopic (exact) mass is 344 g/mol. The van der Waals surface area contributed by atoms with Crippen molar-refractivity contribution in [2.75, 3.05) is 12.4 Å². The molecule has 4 aromatic rings. The fourth-order valence-electron chi connectivity index (χ4n) is 2.99. The molecule has 0 amide bonds. The third kappa shape index (κ3) is 2.99. The second-order valence-corrected chi connectivity index (χ2v) is 6.35. The lowest BCUT2D eigenvalue weighted by Gasteiger charge is -2.14. The number of pyridine rings is 1. The number of rotatable bonds is 4. The van der Waals surface area contributed by atoms with Crippen molar-refractivity contribution in [3.05, 3.63) is 72.2 Å². The summed E-state index contributed by atoms with van der Waals surface area (Å²) in [6, 6.07) is 14.2. The number of anilines is 2. The van der Waals surface area contributed by atoms with E-state index < -0.39 is 0 Å². The predicted octanol–water partition coefficient (Wildman–Crippen LogP) is 4.79. The zero-order valence-corrected chi connectivity index (χ0v) is 15.0. The Morgan fingerprint density at radius 3 is 2.62 bits per heavy atom. The Balaban J connectivity index is 1.72. The molecular weight excluding hydrogens is 324 g/mol. The topological polar surface area (TPSA) is 52.0 Å². The molecule has 0 unspecified atom stereocenters. The summed E-state index contributed by atoms with van der Waals surface area (Å²) in [5.41, 5.74) is 6.13. The van der Waals surface area contributed by atoms with Crippen LogP contribution in [0.2, 0.25) is 0 Å².